The molecule has 9 heteroatoms. The van der Waals surface area contributed by atoms with Crippen molar-refractivity contribution in [1.29, 1.82) is 0 Å². The van der Waals surface area contributed by atoms with E-state index in [-0.39, 0.29) is 0 Å². The normalized spacial score (nSPS) is 12.6. The molecule has 3 heterocycles. The molecule has 1 aliphatic heterocycles. The highest BCUT2D eigenvalue weighted by molar-refractivity contribution is 7.80. The Kier molecular flexibility index (Phi) is 7.07. The Balaban J connectivity index is 1.56. The summed E-state index contributed by atoms with van der Waals surface area (Å²) >= 11 is 11.7. The average Bonchev–Trinajstić information content (AvgIpc) is 2.89. The van der Waals surface area contributed by atoms with Crippen LogP contribution in [0.1, 0.15) is 17.7 Å². The van der Waals surface area contributed by atoms with Crippen LogP contribution in [0.15, 0.2) is 36.5 Å². The Labute approximate surface area is 205 Å². The summed E-state index contributed by atoms with van der Waals surface area (Å²) in [6.07, 6.45) is 3.49. The second kappa shape index (κ2) is 9.99. The molecule has 3 aromatic rings. The number of nitrogens with zero attached hydrogens (tertiary/aromatic N) is 5. The minimum Gasteiger partial charge on any atom is -0.360 e. The molecule has 4 rings (SSSR count). The van der Waals surface area contributed by atoms with Gasteiger partial charge in [-0.25, -0.2) is 15.0 Å². The summed E-state index contributed by atoms with van der Waals surface area (Å²) in [6.45, 7) is 3.99. The van der Waals surface area contributed by atoms with E-state index in [1.54, 1.807) is 0 Å². The zero-order valence-electron chi connectivity index (χ0n) is 19.3. The number of halogens is 1. The van der Waals surface area contributed by atoms with Crippen LogP contribution in [0.25, 0.3) is 11.3 Å². The molecule has 0 saturated carbocycles. The van der Waals surface area contributed by atoms with Crippen molar-refractivity contribution < 1.29 is 0 Å². The molecule has 0 saturated heterocycles. The number of thiocarbonyl (C=S) groups is 1. The molecule has 0 atom stereocenters. The lowest BCUT2D eigenvalue weighted by Crippen LogP contribution is -2.24. The van der Waals surface area contributed by atoms with Gasteiger partial charge in [-0.3, -0.25) is 0 Å². The van der Waals surface area contributed by atoms with Crippen LogP contribution in [-0.2, 0) is 6.42 Å². The van der Waals surface area contributed by atoms with E-state index in [2.05, 4.69) is 46.6 Å². The van der Waals surface area contributed by atoms with E-state index in [4.69, 9.17) is 33.8 Å². The lowest BCUT2D eigenvalue weighted by atomic mass is 10.1. The molecule has 0 aliphatic carbocycles. The molecule has 33 heavy (non-hydrogen) atoms. The summed E-state index contributed by atoms with van der Waals surface area (Å²) in [5, 5.41) is 7.25. The molecular formula is C24H28ClN7S. The third kappa shape index (κ3) is 5.58. The molecule has 172 valence electrons. The van der Waals surface area contributed by atoms with E-state index >= 15 is 0 Å². The third-order valence-corrected chi connectivity index (χ3v) is 6.02. The molecule has 0 unspecified atom stereocenters. The van der Waals surface area contributed by atoms with Crippen molar-refractivity contribution in [2.45, 2.75) is 19.8 Å². The minimum atomic E-state index is 0.513. The predicted molar refractivity (Wildman–Crippen MR) is 141 cm³/mol. The Hall–Kier alpha value is -2.81. The van der Waals surface area contributed by atoms with E-state index in [1.165, 1.54) is 0 Å². The first kappa shape index (κ1) is 23.4. The first-order valence-corrected chi connectivity index (χ1v) is 11.6. The highest BCUT2D eigenvalue weighted by Crippen LogP contribution is 2.35. The molecule has 2 aromatic heterocycles. The van der Waals surface area contributed by atoms with Crippen LogP contribution >= 0.6 is 23.8 Å². The molecule has 0 fully saturated rings. The quantitative estimate of drug-likeness (QED) is 0.460. The predicted octanol–water partition coefficient (Wildman–Crippen LogP) is 4.93. The SMILES string of the molecule is Cc1nc(N(C)CCCN(C)C)ccc1Nc1ncc2c(n1)-c1ccc(Cl)cc1NC(=S)C2. The van der Waals surface area contributed by atoms with Gasteiger partial charge >= 0.3 is 0 Å². The highest BCUT2D eigenvalue weighted by Gasteiger charge is 2.20. The van der Waals surface area contributed by atoms with Crippen molar-refractivity contribution in [2.75, 3.05) is 49.8 Å². The van der Waals surface area contributed by atoms with Crippen LogP contribution in [0.5, 0.6) is 0 Å². The van der Waals surface area contributed by atoms with Gasteiger partial charge in [-0.1, -0.05) is 23.8 Å². The number of hydrogen-bond acceptors (Lipinski definition) is 7. The Bertz CT molecular complexity index is 1180. The van der Waals surface area contributed by atoms with E-state index in [0.29, 0.717) is 22.4 Å². The van der Waals surface area contributed by atoms with Gasteiger partial charge in [-0.15, -0.1) is 0 Å². The summed E-state index contributed by atoms with van der Waals surface area (Å²) in [6, 6.07) is 9.74. The fourth-order valence-electron chi connectivity index (χ4n) is 3.77. The standard InChI is InChI=1S/C24H28ClN7S/c1-15-19(8-9-21(27-15)32(4)11-5-10-31(2)3)29-24-26-14-16-12-22(33)28-20-13-17(25)6-7-18(20)23(16)30-24/h6-9,13-14H,5,10-12H2,1-4H3,(H,28,33)(H,26,29,30). The topological polar surface area (TPSA) is 69.2 Å². The molecular weight excluding hydrogens is 454 g/mol. The monoisotopic (exact) mass is 481 g/mol. The zero-order valence-corrected chi connectivity index (χ0v) is 20.9. The van der Waals surface area contributed by atoms with Crippen LogP contribution in [0.2, 0.25) is 5.02 Å². The third-order valence-electron chi connectivity index (χ3n) is 5.53. The molecule has 7 nitrogen and oxygen atoms in total. The van der Waals surface area contributed by atoms with Gasteiger partial charge in [-0.2, -0.15) is 0 Å². The van der Waals surface area contributed by atoms with Crippen LogP contribution in [0, 0.1) is 6.92 Å². The van der Waals surface area contributed by atoms with Crippen molar-refractivity contribution in [3.05, 3.63) is 52.8 Å². The van der Waals surface area contributed by atoms with Gasteiger partial charge in [0.15, 0.2) is 0 Å². The number of benzene rings is 1. The molecule has 1 aliphatic rings. The van der Waals surface area contributed by atoms with Crippen molar-refractivity contribution in [1.82, 2.24) is 19.9 Å². The van der Waals surface area contributed by atoms with Gasteiger partial charge < -0.3 is 20.4 Å². The summed E-state index contributed by atoms with van der Waals surface area (Å²) < 4.78 is 0. The number of nitrogens with one attached hydrogen (secondary N) is 2. The number of pyridine rings is 1. The number of anilines is 4. The van der Waals surface area contributed by atoms with Crippen molar-refractivity contribution in [2.24, 2.45) is 0 Å². The Morgan fingerprint density at radius 2 is 1.94 bits per heavy atom. The van der Waals surface area contributed by atoms with Crippen molar-refractivity contribution >= 4 is 51.9 Å². The van der Waals surface area contributed by atoms with Gasteiger partial charge in [0, 0.05) is 48.0 Å². The largest absolute Gasteiger partial charge is 0.360 e. The summed E-state index contributed by atoms with van der Waals surface area (Å²) in [5.74, 6) is 1.46. The lowest BCUT2D eigenvalue weighted by Gasteiger charge is -2.20. The maximum Gasteiger partial charge on any atom is 0.227 e. The van der Waals surface area contributed by atoms with Crippen LogP contribution < -0.4 is 15.5 Å². The number of aryl methyl sites for hydroxylation is 1. The van der Waals surface area contributed by atoms with E-state index in [0.717, 1.165) is 59.2 Å². The van der Waals surface area contributed by atoms with Gasteiger partial charge in [0.25, 0.3) is 0 Å². The fourth-order valence-corrected chi connectivity index (χ4v) is 4.21. The Morgan fingerprint density at radius 1 is 1.12 bits per heavy atom. The van der Waals surface area contributed by atoms with Gasteiger partial charge in [-0.05, 0) is 64.3 Å². The number of fused-ring (bicyclic) bond motifs is 3. The van der Waals surface area contributed by atoms with Gasteiger partial charge in [0.1, 0.15) is 5.82 Å². The first-order valence-electron chi connectivity index (χ1n) is 10.9. The highest BCUT2D eigenvalue weighted by atomic mass is 35.5. The lowest BCUT2D eigenvalue weighted by molar-refractivity contribution is 0.401. The fraction of sp³-hybridized carbons (Fsp3) is 0.333. The second-order valence-corrected chi connectivity index (χ2v) is 9.42. The van der Waals surface area contributed by atoms with Gasteiger partial charge in [0.2, 0.25) is 5.95 Å². The maximum absolute atomic E-state index is 6.20. The molecule has 0 radical (unpaired) electrons. The van der Waals surface area contributed by atoms with Crippen LogP contribution in [0.3, 0.4) is 0 Å². The molecule has 1 aromatic carbocycles. The van der Waals surface area contributed by atoms with Crippen LogP contribution in [-0.4, -0.2) is 59.1 Å². The maximum atomic E-state index is 6.20. The number of rotatable bonds is 7. The van der Waals surface area contributed by atoms with Gasteiger partial charge in [0.05, 0.1) is 22.1 Å². The van der Waals surface area contributed by atoms with Crippen LogP contribution in [0.4, 0.5) is 23.1 Å². The first-order chi connectivity index (χ1) is 15.8. The average molecular weight is 482 g/mol. The van der Waals surface area contributed by atoms with Crippen molar-refractivity contribution in [3.63, 3.8) is 0 Å². The molecule has 0 spiro atoms. The molecule has 2 N–H and O–H groups in total. The van der Waals surface area contributed by atoms with Crippen molar-refractivity contribution in [3.8, 4) is 11.3 Å². The van der Waals surface area contributed by atoms with E-state index in [1.807, 2.05) is 43.5 Å². The Morgan fingerprint density at radius 3 is 2.70 bits per heavy atom. The summed E-state index contributed by atoms with van der Waals surface area (Å²) in [4.78, 5) is 19.2. The number of aromatic nitrogens is 3. The van der Waals surface area contributed by atoms with E-state index < -0.39 is 0 Å². The second-order valence-electron chi connectivity index (χ2n) is 8.49. The summed E-state index contributed by atoms with van der Waals surface area (Å²) in [7, 11) is 6.25. The number of hydrogen-bond donors (Lipinski definition) is 2. The smallest absolute Gasteiger partial charge is 0.227 e. The van der Waals surface area contributed by atoms with E-state index in [9.17, 15) is 0 Å². The molecule has 0 bridgehead atoms. The summed E-state index contributed by atoms with van der Waals surface area (Å²) in [5.41, 5.74) is 5.39. The minimum absolute atomic E-state index is 0.513. The zero-order chi connectivity index (χ0) is 23.5. The molecule has 0 amide bonds.